The van der Waals surface area contributed by atoms with Crippen LogP contribution in [0.2, 0.25) is 0 Å². The van der Waals surface area contributed by atoms with Crippen molar-refractivity contribution in [3.8, 4) is 0 Å². The van der Waals surface area contributed by atoms with Crippen LogP contribution in [0.4, 0.5) is 0 Å². The summed E-state index contributed by atoms with van der Waals surface area (Å²) in [6, 6.07) is 7.23. The van der Waals surface area contributed by atoms with Gasteiger partial charge in [-0.25, -0.2) is 4.98 Å². The van der Waals surface area contributed by atoms with Gasteiger partial charge < -0.3 is 9.26 Å². The minimum atomic E-state index is -0.134. The van der Waals surface area contributed by atoms with Crippen molar-refractivity contribution in [2.75, 3.05) is 13.7 Å². The van der Waals surface area contributed by atoms with Gasteiger partial charge in [-0.15, -0.1) is 0 Å². The first-order chi connectivity index (χ1) is 12.6. The van der Waals surface area contributed by atoms with Crippen LogP contribution in [-0.2, 0) is 16.9 Å². The van der Waals surface area contributed by atoms with Crippen LogP contribution in [-0.4, -0.2) is 33.4 Å². The van der Waals surface area contributed by atoms with E-state index in [2.05, 4.69) is 22.0 Å². The summed E-state index contributed by atoms with van der Waals surface area (Å²) in [5, 5.41) is 5.18. The van der Waals surface area contributed by atoms with Crippen molar-refractivity contribution in [1.82, 2.24) is 19.7 Å². The minimum absolute atomic E-state index is 0.0696. The van der Waals surface area contributed by atoms with E-state index in [4.69, 9.17) is 9.26 Å². The fourth-order valence-corrected chi connectivity index (χ4v) is 3.67. The van der Waals surface area contributed by atoms with Crippen molar-refractivity contribution >= 4 is 22.7 Å². The summed E-state index contributed by atoms with van der Waals surface area (Å²) in [6.45, 7) is 4.44. The number of fused-ring (bicyclic) bond motifs is 1. The zero-order valence-electron chi connectivity index (χ0n) is 15.1. The molecule has 0 N–H and O–H groups in total. The normalized spacial score (nSPS) is 12.6. The van der Waals surface area contributed by atoms with Crippen LogP contribution in [0, 0.1) is 0 Å². The monoisotopic (exact) mass is 374 g/mol. The van der Waals surface area contributed by atoms with Gasteiger partial charge in [-0.2, -0.15) is 4.98 Å². The number of para-hydroxylation sites is 1. The molecule has 2 aromatic heterocycles. The lowest BCUT2D eigenvalue weighted by molar-refractivity contribution is 0.156. The standard InChI is InChI=1S/C18H22N4O3S/c1-4-7-15-20-16(25-21-15)11-26-18-19-14-9-6-5-8-13(14)17(23)22(18)12(2)10-24-3/h5-6,8-9,12H,4,7,10-11H2,1-3H3/t12-/m0/s1. The molecule has 0 unspecified atom stereocenters. The van der Waals surface area contributed by atoms with E-state index in [0.29, 0.717) is 40.1 Å². The minimum Gasteiger partial charge on any atom is -0.383 e. The SMILES string of the molecule is CCCc1noc(CSc2nc3ccccc3c(=O)n2[C@@H](C)COC)n1. The van der Waals surface area contributed by atoms with Gasteiger partial charge in [-0.3, -0.25) is 9.36 Å². The fourth-order valence-electron chi connectivity index (χ4n) is 2.73. The van der Waals surface area contributed by atoms with E-state index in [1.54, 1.807) is 17.7 Å². The largest absolute Gasteiger partial charge is 0.383 e. The van der Waals surface area contributed by atoms with E-state index < -0.39 is 0 Å². The second kappa shape index (κ2) is 8.46. The molecule has 0 aliphatic carbocycles. The molecule has 2 heterocycles. The highest BCUT2D eigenvalue weighted by atomic mass is 32.2. The third kappa shape index (κ3) is 3.96. The summed E-state index contributed by atoms with van der Waals surface area (Å²) in [5.41, 5.74) is 0.609. The van der Waals surface area contributed by atoms with E-state index in [9.17, 15) is 4.79 Å². The Morgan fingerprint density at radius 2 is 2.12 bits per heavy atom. The van der Waals surface area contributed by atoms with Gasteiger partial charge in [0.15, 0.2) is 11.0 Å². The third-order valence-electron chi connectivity index (χ3n) is 3.93. The zero-order chi connectivity index (χ0) is 18.5. The van der Waals surface area contributed by atoms with Gasteiger partial charge in [0, 0.05) is 13.5 Å². The summed E-state index contributed by atoms with van der Waals surface area (Å²) < 4.78 is 12.2. The molecule has 7 nitrogen and oxygen atoms in total. The number of aryl methyl sites for hydroxylation is 1. The maximum atomic E-state index is 13.0. The van der Waals surface area contributed by atoms with Gasteiger partial charge in [-0.1, -0.05) is 36.0 Å². The van der Waals surface area contributed by atoms with Gasteiger partial charge in [0.2, 0.25) is 5.89 Å². The summed E-state index contributed by atoms with van der Waals surface area (Å²) in [4.78, 5) is 22.0. The fraction of sp³-hybridized carbons (Fsp3) is 0.444. The number of nitrogens with zero attached hydrogens (tertiary/aromatic N) is 4. The third-order valence-corrected chi connectivity index (χ3v) is 4.87. The molecule has 0 saturated carbocycles. The lowest BCUT2D eigenvalue weighted by Gasteiger charge is -2.18. The lowest BCUT2D eigenvalue weighted by atomic mass is 10.2. The highest BCUT2D eigenvalue weighted by molar-refractivity contribution is 7.98. The van der Waals surface area contributed by atoms with Gasteiger partial charge in [-0.05, 0) is 25.5 Å². The Hall–Kier alpha value is -2.19. The first-order valence-corrected chi connectivity index (χ1v) is 9.57. The van der Waals surface area contributed by atoms with Crippen molar-refractivity contribution < 1.29 is 9.26 Å². The molecule has 0 saturated heterocycles. The van der Waals surface area contributed by atoms with Crippen LogP contribution >= 0.6 is 11.8 Å². The molecule has 26 heavy (non-hydrogen) atoms. The smallest absolute Gasteiger partial charge is 0.262 e. The second-order valence-electron chi connectivity index (χ2n) is 6.03. The van der Waals surface area contributed by atoms with Crippen molar-refractivity contribution in [3.05, 3.63) is 46.3 Å². The molecule has 8 heteroatoms. The van der Waals surface area contributed by atoms with E-state index in [1.807, 2.05) is 25.1 Å². The van der Waals surface area contributed by atoms with Crippen LogP contribution in [0.3, 0.4) is 0 Å². The first-order valence-electron chi connectivity index (χ1n) is 8.58. The molecule has 0 radical (unpaired) electrons. The highest BCUT2D eigenvalue weighted by Gasteiger charge is 2.17. The van der Waals surface area contributed by atoms with Crippen LogP contribution < -0.4 is 5.56 Å². The number of hydrogen-bond donors (Lipinski definition) is 0. The molecule has 0 aliphatic rings. The Kier molecular flexibility index (Phi) is 6.05. The second-order valence-corrected chi connectivity index (χ2v) is 6.98. The van der Waals surface area contributed by atoms with Gasteiger partial charge >= 0.3 is 0 Å². The van der Waals surface area contributed by atoms with E-state index >= 15 is 0 Å². The Morgan fingerprint density at radius 3 is 2.88 bits per heavy atom. The molecule has 0 spiro atoms. The van der Waals surface area contributed by atoms with Crippen molar-refractivity contribution in [2.24, 2.45) is 0 Å². The Labute approximate surface area is 155 Å². The Morgan fingerprint density at radius 1 is 1.31 bits per heavy atom. The lowest BCUT2D eigenvalue weighted by Crippen LogP contribution is -2.28. The molecule has 0 bridgehead atoms. The summed E-state index contributed by atoms with van der Waals surface area (Å²) in [6.07, 6.45) is 1.75. The summed E-state index contributed by atoms with van der Waals surface area (Å²) >= 11 is 1.41. The van der Waals surface area contributed by atoms with Crippen LogP contribution in [0.25, 0.3) is 10.9 Å². The molecule has 3 aromatic rings. The maximum Gasteiger partial charge on any atom is 0.262 e. The zero-order valence-corrected chi connectivity index (χ0v) is 16.0. The van der Waals surface area contributed by atoms with Crippen LogP contribution in [0.1, 0.15) is 38.0 Å². The number of rotatable bonds is 8. The predicted molar refractivity (Wildman–Crippen MR) is 100 cm³/mol. The maximum absolute atomic E-state index is 13.0. The quantitative estimate of drug-likeness (QED) is 0.442. The molecule has 0 aliphatic heterocycles. The molecule has 138 valence electrons. The van der Waals surface area contributed by atoms with Crippen molar-refractivity contribution in [3.63, 3.8) is 0 Å². The van der Waals surface area contributed by atoms with Gasteiger partial charge in [0.05, 0.1) is 29.3 Å². The molecule has 1 aromatic carbocycles. The predicted octanol–water partition coefficient (Wildman–Crippen LogP) is 3.23. The van der Waals surface area contributed by atoms with Crippen LogP contribution in [0.5, 0.6) is 0 Å². The van der Waals surface area contributed by atoms with E-state index in [-0.39, 0.29) is 11.6 Å². The van der Waals surface area contributed by atoms with Crippen molar-refractivity contribution in [2.45, 2.75) is 43.6 Å². The average molecular weight is 374 g/mol. The summed E-state index contributed by atoms with van der Waals surface area (Å²) in [7, 11) is 1.62. The number of methoxy groups -OCH3 is 1. The van der Waals surface area contributed by atoms with Crippen molar-refractivity contribution in [1.29, 1.82) is 0 Å². The number of ether oxygens (including phenoxy) is 1. The molecule has 3 rings (SSSR count). The van der Waals surface area contributed by atoms with Gasteiger partial charge in [0.25, 0.3) is 5.56 Å². The number of aromatic nitrogens is 4. The Bertz CT molecular complexity index is 938. The topological polar surface area (TPSA) is 83.0 Å². The highest BCUT2D eigenvalue weighted by Crippen LogP contribution is 2.24. The molecule has 0 amide bonds. The molecular formula is C18H22N4O3S. The first kappa shape index (κ1) is 18.6. The molecule has 0 fully saturated rings. The van der Waals surface area contributed by atoms with E-state index in [1.165, 1.54) is 11.8 Å². The van der Waals surface area contributed by atoms with E-state index in [0.717, 1.165) is 12.8 Å². The van der Waals surface area contributed by atoms with Gasteiger partial charge in [0.1, 0.15) is 0 Å². The Balaban J connectivity index is 1.94. The number of hydrogen-bond acceptors (Lipinski definition) is 7. The van der Waals surface area contributed by atoms with Crippen LogP contribution in [0.15, 0.2) is 38.7 Å². The number of benzene rings is 1. The molecule has 1 atom stereocenters. The average Bonchev–Trinajstić information content (AvgIpc) is 3.08. The molecular weight excluding hydrogens is 352 g/mol. The number of thioether (sulfide) groups is 1. The summed E-state index contributed by atoms with van der Waals surface area (Å²) in [5.74, 6) is 1.70.